The summed E-state index contributed by atoms with van der Waals surface area (Å²) in [5, 5.41) is 3.35. The smallest absolute Gasteiger partial charge is 0.355 e. The third-order valence-electron chi connectivity index (χ3n) is 4.10. The molecular weight excluding hydrogens is 400 g/mol. The highest BCUT2D eigenvalue weighted by Crippen LogP contribution is 2.27. The summed E-state index contributed by atoms with van der Waals surface area (Å²) in [4.78, 5) is 37.8. The summed E-state index contributed by atoms with van der Waals surface area (Å²) in [6, 6.07) is 17.2. The molecule has 4 rings (SSSR count). The van der Waals surface area contributed by atoms with E-state index in [4.69, 9.17) is 4.74 Å². The number of ether oxygens (including phenoxy) is 1. The first kappa shape index (κ1) is 19.4. The first-order chi connectivity index (χ1) is 14.6. The van der Waals surface area contributed by atoms with Gasteiger partial charge in [0.1, 0.15) is 10.6 Å². The molecule has 148 valence electrons. The Morgan fingerprint density at radius 2 is 1.63 bits per heavy atom. The van der Waals surface area contributed by atoms with Gasteiger partial charge in [0.15, 0.2) is 10.8 Å². The number of hydrogen-bond acceptors (Lipinski definition) is 7. The third kappa shape index (κ3) is 4.39. The number of aryl methyl sites for hydroxylation is 1. The van der Waals surface area contributed by atoms with Gasteiger partial charge in [-0.05, 0) is 49.4 Å². The normalized spacial score (nSPS) is 10.4. The Labute approximate surface area is 176 Å². The van der Waals surface area contributed by atoms with Gasteiger partial charge in [0, 0.05) is 23.6 Å². The van der Waals surface area contributed by atoms with Crippen LogP contribution in [-0.4, -0.2) is 26.8 Å². The molecule has 0 aliphatic carbocycles. The van der Waals surface area contributed by atoms with Gasteiger partial charge in [-0.3, -0.25) is 4.79 Å². The molecule has 0 spiro atoms. The lowest BCUT2D eigenvalue weighted by Crippen LogP contribution is -2.12. The first-order valence-corrected chi connectivity index (χ1v) is 9.85. The van der Waals surface area contributed by atoms with E-state index in [0.29, 0.717) is 38.4 Å². The topological polar surface area (TPSA) is 94.1 Å². The number of thiazole rings is 1. The lowest BCUT2D eigenvalue weighted by Gasteiger charge is -2.07. The standard InChI is InChI=1S/C22H16N4O3S/c1-14-18(30-21(25-14)19-23-12-5-13-24-19)22(28)29-17-10-8-16(9-11-17)26-20(27)15-6-3-2-4-7-15/h2-13H,1H3,(H,26,27). The first-order valence-electron chi connectivity index (χ1n) is 9.03. The van der Waals surface area contributed by atoms with Gasteiger partial charge in [-0.15, -0.1) is 11.3 Å². The van der Waals surface area contributed by atoms with Crippen molar-refractivity contribution in [1.82, 2.24) is 15.0 Å². The maximum atomic E-state index is 12.6. The molecule has 0 aliphatic rings. The number of nitrogens with zero attached hydrogens (tertiary/aromatic N) is 3. The second-order valence-electron chi connectivity index (χ2n) is 6.24. The van der Waals surface area contributed by atoms with Gasteiger partial charge in [-0.2, -0.15) is 0 Å². The maximum Gasteiger partial charge on any atom is 0.355 e. The van der Waals surface area contributed by atoms with Crippen molar-refractivity contribution in [1.29, 1.82) is 0 Å². The number of esters is 1. The molecule has 0 unspecified atom stereocenters. The van der Waals surface area contributed by atoms with Gasteiger partial charge in [0.25, 0.3) is 5.91 Å². The number of nitrogens with one attached hydrogen (secondary N) is 1. The Morgan fingerprint density at radius 1 is 0.933 bits per heavy atom. The van der Waals surface area contributed by atoms with E-state index >= 15 is 0 Å². The second-order valence-corrected chi connectivity index (χ2v) is 7.24. The van der Waals surface area contributed by atoms with E-state index in [2.05, 4.69) is 20.3 Å². The molecule has 0 atom stereocenters. The monoisotopic (exact) mass is 416 g/mol. The van der Waals surface area contributed by atoms with Crippen LogP contribution in [0.5, 0.6) is 5.75 Å². The summed E-state index contributed by atoms with van der Waals surface area (Å²) >= 11 is 1.18. The molecule has 7 nitrogen and oxygen atoms in total. The number of aromatic nitrogens is 3. The van der Waals surface area contributed by atoms with Crippen molar-refractivity contribution in [2.75, 3.05) is 5.32 Å². The van der Waals surface area contributed by atoms with Crippen molar-refractivity contribution in [3.05, 3.63) is 89.2 Å². The molecule has 0 bridgehead atoms. The molecule has 0 radical (unpaired) electrons. The lowest BCUT2D eigenvalue weighted by molar-refractivity contribution is 0.0738. The molecule has 30 heavy (non-hydrogen) atoms. The minimum Gasteiger partial charge on any atom is -0.422 e. The van der Waals surface area contributed by atoms with Crippen molar-refractivity contribution < 1.29 is 14.3 Å². The number of rotatable bonds is 5. The van der Waals surface area contributed by atoms with E-state index in [1.165, 1.54) is 11.3 Å². The molecule has 1 amide bonds. The molecule has 0 saturated heterocycles. The van der Waals surface area contributed by atoms with Crippen molar-refractivity contribution in [3.63, 3.8) is 0 Å². The average molecular weight is 416 g/mol. The molecule has 8 heteroatoms. The molecule has 1 N–H and O–H groups in total. The number of carbonyl (C=O) groups excluding carboxylic acids is 2. The molecule has 2 aromatic carbocycles. The zero-order chi connectivity index (χ0) is 20.9. The maximum absolute atomic E-state index is 12.6. The summed E-state index contributed by atoms with van der Waals surface area (Å²) in [7, 11) is 0. The van der Waals surface area contributed by atoms with Crippen LogP contribution in [0.1, 0.15) is 25.7 Å². The third-order valence-corrected chi connectivity index (χ3v) is 5.23. The Kier molecular flexibility index (Phi) is 5.58. The highest BCUT2D eigenvalue weighted by molar-refractivity contribution is 7.17. The number of hydrogen-bond donors (Lipinski definition) is 1. The number of anilines is 1. The minimum absolute atomic E-state index is 0.212. The van der Waals surface area contributed by atoms with Gasteiger partial charge in [0.2, 0.25) is 0 Å². The molecule has 2 aromatic heterocycles. The van der Waals surface area contributed by atoms with Crippen molar-refractivity contribution in [3.8, 4) is 16.6 Å². The van der Waals surface area contributed by atoms with Crippen LogP contribution in [0.25, 0.3) is 10.8 Å². The molecule has 0 saturated carbocycles. The van der Waals surface area contributed by atoms with Crippen LogP contribution in [0.15, 0.2) is 73.1 Å². The summed E-state index contributed by atoms with van der Waals surface area (Å²) in [5.41, 5.74) is 1.72. The van der Waals surface area contributed by atoms with Crippen molar-refractivity contribution in [2.24, 2.45) is 0 Å². The Balaban J connectivity index is 1.43. The Bertz CT molecular complexity index is 1180. The highest BCUT2D eigenvalue weighted by atomic mass is 32.1. The van der Waals surface area contributed by atoms with E-state index in [9.17, 15) is 9.59 Å². The summed E-state index contributed by atoms with van der Waals surface area (Å²) in [6.07, 6.45) is 3.24. The van der Waals surface area contributed by atoms with E-state index in [-0.39, 0.29) is 5.91 Å². The van der Waals surface area contributed by atoms with E-state index in [1.807, 2.05) is 6.07 Å². The largest absolute Gasteiger partial charge is 0.422 e. The number of benzene rings is 2. The van der Waals surface area contributed by atoms with Gasteiger partial charge in [0.05, 0.1) is 5.69 Å². The SMILES string of the molecule is Cc1nc(-c2ncccn2)sc1C(=O)Oc1ccc(NC(=O)c2ccccc2)cc1. The zero-order valence-corrected chi connectivity index (χ0v) is 16.7. The molecule has 2 heterocycles. The van der Waals surface area contributed by atoms with Gasteiger partial charge >= 0.3 is 5.97 Å². The second kappa shape index (κ2) is 8.62. The van der Waals surface area contributed by atoms with Gasteiger partial charge < -0.3 is 10.1 Å². The van der Waals surface area contributed by atoms with E-state index < -0.39 is 5.97 Å². The predicted molar refractivity (Wildman–Crippen MR) is 114 cm³/mol. The predicted octanol–water partition coefficient (Wildman–Crippen LogP) is 4.38. The van der Waals surface area contributed by atoms with Crippen LogP contribution in [-0.2, 0) is 0 Å². The lowest BCUT2D eigenvalue weighted by atomic mass is 10.2. The Morgan fingerprint density at radius 3 is 2.33 bits per heavy atom. The zero-order valence-electron chi connectivity index (χ0n) is 15.9. The van der Waals surface area contributed by atoms with E-state index in [0.717, 1.165) is 0 Å². The fraction of sp³-hybridized carbons (Fsp3) is 0.0455. The summed E-state index contributed by atoms with van der Waals surface area (Å²) < 4.78 is 5.45. The van der Waals surface area contributed by atoms with Crippen LogP contribution in [0.4, 0.5) is 5.69 Å². The summed E-state index contributed by atoms with van der Waals surface area (Å²) in [6.45, 7) is 1.74. The molecular formula is C22H16N4O3S. The summed E-state index contributed by atoms with van der Waals surface area (Å²) in [5.74, 6) is 0.107. The fourth-order valence-corrected chi connectivity index (χ4v) is 3.53. The average Bonchev–Trinajstić information content (AvgIpc) is 3.18. The number of amides is 1. The van der Waals surface area contributed by atoms with Crippen LogP contribution >= 0.6 is 11.3 Å². The van der Waals surface area contributed by atoms with Gasteiger partial charge in [-0.1, -0.05) is 18.2 Å². The van der Waals surface area contributed by atoms with Crippen LogP contribution in [0, 0.1) is 6.92 Å². The minimum atomic E-state index is -0.506. The fourth-order valence-electron chi connectivity index (χ4n) is 2.64. The van der Waals surface area contributed by atoms with Crippen LogP contribution in [0.2, 0.25) is 0 Å². The van der Waals surface area contributed by atoms with Crippen LogP contribution < -0.4 is 10.1 Å². The molecule has 0 aliphatic heterocycles. The number of carbonyl (C=O) groups is 2. The van der Waals surface area contributed by atoms with Crippen molar-refractivity contribution in [2.45, 2.75) is 6.92 Å². The highest BCUT2D eigenvalue weighted by Gasteiger charge is 2.19. The Hall–Kier alpha value is -3.91. The molecule has 4 aromatic rings. The van der Waals surface area contributed by atoms with Crippen LogP contribution in [0.3, 0.4) is 0 Å². The molecule has 0 fully saturated rings. The van der Waals surface area contributed by atoms with E-state index in [1.54, 1.807) is 73.9 Å². The quantitative estimate of drug-likeness (QED) is 0.383. The van der Waals surface area contributed by atoms with Gasteiger partial charge in [-0.25, -0.2) is 19.7 Å². The van der Waals surface area contributed by atoms with Crippen molar-refractivity contribution >= 4 is 28.9 Å².